The summed E-state index contributed by atoms with van der Waals surface area (Å²) in [6, 6.07) is 6.46. The van der Waals surface area contributed by atoms with Gasteiger partial charge in [-0.15, -0.1) is 10.2 Å². The van der Waals surface area contributed by atoms with Gasteiger partial charge in [0.15, 0.2) is 0 Å². The normalized spacial score (nSPS) is 18.2. The number of nitrogens with zero attached hydrogens (tertiary/aromatic N) is 4. The van der Waals surface area contributed by atoms with Crippen LogP contribution in [0.3, 0.4) is 0 Å². The van der Waals surface area contributed by atoms with E-state index in [2.05, 4.69) is 43.2 Å². The Balaban J connectivity index is 1.36. The molecular formula is C21H31N5O2. The molecule has 0 unspecified atom stereocenters. The average Bonchev–Trinajstić information content (AvgIpc) is 3.17. The highest BCUT2D eigenvalue weighted by atomic mass is 16.5. The first kappa shape index (κ1) is 19.4. The summed E-state index contributed by atoms with van der Waals surface area (Å²) >= 11 is 0. The van der Waals surface area contributed by atoms with E-state index in [4.69, 9.17) is 9.47 Å². The van der Waals surface area contributed by atoms with Crippen molar-refractivity contribution < 1.29 is 9.47 Å². The van der Waals surface area contributed by atoms with Crippen molar-refractivity contribution in [3.05, 3.63) is 41.0 Å². The lowest BCUT2D eigenvalue weighted by Crippen LogP contribution is -2.34. The molecule has 2 aliphatic heterocycles. The standard InChI is InChI=1S/C21H31N5O2/c1-3-28-15-18-12-16(4-5-19(18)27-2)14-25-9-6-17(7-10-25)21-24-23-20-13-22-8-11-26(20)21/h4-5,12,17,22H,3,6-11,13-15H2,1-2H3. The van der Waals surface area contributed by atoms with E-state index in [1.807, 2.05) is 6.92 Å². The van der Waals surface area contributed by atoms with Crippen LogP contribution in [0.15, 0.2) is 18.2 Å². The van der Waals surface area contributed by atoms with Gasteiger partial charge in [0.2, 0.25) is 0 Å². The van der Waals surface area contributed by atoms with Crippen molar-refractivity contribution in [3.8, 4) is 5.75 Å². The molecule has 152 valence electrons. The van der Waals surface area contributed by atoms with Crippen LogP contribution in [0.4, 0.5) is 0 Å². The van der Waals surface area contributed by atoms with Gasteiger partial charge < -0.3 is 19.4 Å². The van der Waals surface area contributed by atoms with Gasteiger partial charge in [0, 0.05) is 37.7 Å². The maximum Gasteiger partial charge on any atom is 0.147 e. The molecule has 0 aliphatic carbocycles. The minimum Gasteiger partial charge on any atom is -0.496 e. The van der Waals surface area contributed by atoms with Gasteiger partial charge >= 0.3 is 0 Å². The number of piperidine rings is 1. The first-order chi connectivity index (χ1) is 13.8. The number of benzene rings is 1. The van der Waals surface area contributed by atoms with E-state index in [1.54, 1.807) is 7.11 Å². The Kier molecular flexibility index (Phi) is 6.24. The van der Waals surface area contributed by atoms with Crippen LogP contribution < -0.4 is 10.1 Å². The number of aromatic nitrogens is 3. The highest BCUT2D eigenvalue weighted by molar-refractivity contribution is 5.37. The molecule has 7 heteroatoms. The van der Waals surface area contributed by atoms with Gasteiger partial charge in [-0.1, -0.05) is 6.07 Å². The Hall–Kier alpha value is -1.96. The Morgan fingerprint density at radius 1 is 1.18 bits per heavy atom. The van der Waals surface area contributed by atoms with E-state index < -0.39 is 0 Å². The summed E-state index contributed by atoms with van der Waals surface area (Å²) in [7, 11) is 1.72. The second-order valence-electron chi connectivity index (χ2n) is 7.64. The van der Waals surface area contributed by atoms with Crippen molar-refractivity contribution >= 4 is 0 Å². The summed E-state index contributed by atoms with van der Waals surface area (Å²) in [5.74, 6) is 3.71. The number of ether oxygens (including phenoxy) is 2. The molecule has 2 aliphatic rings. The fourth-order valence-corrected chi connectivity index (χ4v) is 4.28. The lowest BCUT2D eigenvalue weighted by atomic mass is 9.95. The minimum atomic E-state index is 0.528. The van der Waals surface area contributed by atoms with Crippen LogP contribution >= 0.6 is 0 Å². The number of hydrogen-bond acceptors (Lipinski definition) is 6. The number of rotatable bonds is 7. The highest BCUT2D eigenvalue weighted by Gasteiger charge is 2.27. The van der Waals surface area contributed by atoms with E-state index in [-0.39, 0.29) is 0 Å². The zero-order valence-electron chi connectivity index (χ0n) is 17.0. The monoisotopic (exact) mass is 385 g/mol. The zero-order chi connectivity index (χ0) is 19.3. The van der Waals surface area contributed by atoms with Gasteiger partial charge in [0.25, 0.3) is 0 Å². The van der Waals surface area contributed by atoms with Crippen molar-refractivity contribution in [2.24, 2.45) is 0 Å². The van der Waals surface area contributed by atoms with Crippen LogP contribution in [0, 0.1) is 0 Å². The maximum absolute atomic E-state index is 5.59. The lowest BCUT2D eigenvalue weighted by molar-refractivity contribution is 0.131. The molecule has 0 saturated carbocycles. The summed E-state index contributed by atoms with van der Waals surface area (Å²) in [5, 5.41) is 12.3. The minimum absolute atomic E-state index is 0.528. The lowest BCUT2D eigenvalue weighted by Gasteiger charge is -2.32. The predicted molar refractivity (Wildman–Crippen MR) is 107 cm³/mol. The molecule has 4 rings (SSSR count). The van der Waals surface area contributed by atoms with Crippen molar-refractivity contribution in [2.75, 3.05) is 33.4 Å². The van der Waals surface area contributed by atoms with Gasteiger partial charge in [-0.05, 0) is 50.6 Å². The number of methoxy groups -OCH3 is 1. The third kappa shape index (κ3) is 4.21. The molecule has 0 atom stereocenters. The molecule has 1 aromatic heterocycles. The largest absolute Gasteiger partial charge is 0.496 e. The molecule has 3 heterocycles. The second-order valence-corrected chi connectivity index (χ2v) is 7.64. The average molecular weight is 386 g/mol. The van der Waals surface area contributed by atoms with E-state index >= 15 is 0 Å². The first-order valence-electron chi connectivity index (χ1n) is 10.4. The van der Waals surface area contributed by atoms with Crippen LogP contribution in [-0.2, 0) is 31.0 Å². The molecule has 7 nitrogen and oxygen atoms in total. The smallest absolute Gasteiger partial charge is 0.147 e. The predicted octanol–water partition coefficient (Wildman–Crippen LogP) is 2.31. The van der Waals surface area contributed by atoms with Crippen molar-refractivity contribution in [1.29, 1.82) is 0 Å². The summed E-state index contributed by atoms with van der Waals surface area (Å²) in [6.07, 6.45) is 2.29. The van der Waals surface area contributed by atoms with Gasteiger partial charge in [-0.2, -0.15) is 0 Å². The molecule has 0 spiro atoms. The van der Waals surface area contributed by atoms with Crippen LogP contribution in [0.1, 0.15) is 48.5 Å². The molecule has 0 bridgehead atoms. The van der Waals surface area contributed by atoms with Crippen molar-refractivity contribution in [3.63, 3.8) is 0 Å². The zero-order valence-corrected chi connectivity index (χ0v) is 17.0. The summed E-state index contributed by atoms with van der Waals surface area (Å²) < 4.78 is 13.4. The van der Waals surface area contributed by atoms with Crippen LogP contribution in [-0.4, -0.2) is 53.0 Å². The summed E-state index contributed by atoms with van der Waals surface area (Å²) in [4.78, 5) is 2.54. The molecule has 1 fully saturated rings. The van der Waals surface area contributed by atoms with Crippen molar-refractivity contribution in [2.45, 2.75) is 51.9 Å². The highest BCUT2D eigenvalue weighted by Crippen LogP contribution is 2.29. The number of fused-ring (bicyclic) bond motifs is 1. The molecule has 0 radical (unpaired) electrons. The van der Waals surface area contributed by atoms with Gasteiger partial charge in [-0.25, -0.2) is 0 Å². The molecule has 28 heavy (non-hydrogen) atoms. The molecular weight excluding hydrogens is 354 g/mol. The van der Waals surface area contributed by atoms with E-state index in [0.717, 1.165) is 69.2 Å². The van der Waals surface area contributed by atoms with E-state index in [1.165, 1.54) is 11.4 Å². The van der Waals surface area contributed by atoms with Gasteiger partial charge in [-0.3, -0.25) is 4.90 Å². The molecule has 2 aromatic rings. The van der Waals surface area contributed by atoms with Crippen LogP contribution in [0.2, 0.25) is 0 Å². The molecule has 1 N–H and O–H groups in total. The maximum atomic E-state index is 5.59. The Morgan fingerprint density at radius 3 is 2.82 bits per heavy atom. The summed E-state index contributed by atoms with van der Waals surface area (Å²) in [5.41, 5.74) is 2.44. The summed E-state index contributed by atoms with van der Waals surface area (Å²) in [6.45, 7) is 9.33. The number of nitrogens with one attached hydrogen (secondary N) is 1. The third-order valence-electron chi connectivity index (χ3n) is 5.82. The Bertz CT molecular complexity index is 783. The van der Waals surface area contributed by atoms with Crippen molar-refractivity contribution in [1.82, 2.24) is 25.0 Å². The van der Waals surface area contributed by atoms with Gasteiger partial charge in [0.05, 0.1) is 20.3 Å². The van der Waals surface area contributed by atoms with Gasteiger partial charge in [0.1, 0.15) is 17.4 Å². The molecule has 0 amide bonds. The van der Waals surface area contributed by atoms with Crippen LogP contribution in [0.5, 0.6) is 5.75 Å². The van der Waals surface area contributed by atoms with E-state index in [0.29, 0.717) is 19.1 Å². The number of likely N-dealkylation sites (tertiary alicyclic amines) is 1. The quantitative estimate of drug-likeness (QED) is 0.789. The Labute approximate surface area is 167 Å². The fourth-order valence-electron chi connectivity index (χ4n) is 4.28. The number of hydrogen-bond donors (Lipinski definition) is 1. The van der Waals surface area contributed by atoms with Crippen LogP contribution in [0.25, 0.3) is 0 Å². The molecule has 1 saturated heterocycles. The van der Waals surface area contributed by atoms with E-state index in [9.17, 15) is 0 Å². The SMILES string of the molecule is CCOCc1cc(CN2CCC(c3nnc4n3CCNC4)CC2)ccc1OC. The molecule has 1 aromatic carbocycles. The third-order valence-corrected chi connectivity index (χ3v) is 5.82. The topological polar surface area (TPSA) is 64.4 Å². The first-order valence-corrected chi connectivity index (χ1v) is 10.4. The second kappa shape index (κ2) is 9.03. The Morgan fingerprint density at radius 2 is 2.04 bits per heavy atom. The fraction of sp³-hybridized carbons (Fsp3) is 0.619.